The summed E-state index contributed by atoms with van der Waals surface area (Å²) in [6, 6.07) is 11.4. The number of nitrogens with one attached hydrogen (secondary N) is 1. The Kier molecular flexibility index (Phi) is 5.44. The third kappa shape index (κ3) is 3.40. The smallest absolute Gasteiger partial charge is 0.274 e. The maximum absolute atomic E-state index is 13.3. The molecule has 0 spiro atoms. The van der Waals surface area contributed by atoms with E-state index in [1.54, 1.807) is 12.1 Å². The number of hydrogen-bond donors (Lipinski definition) is 1. The first-order chi connectivity index (χ1) is 14.6. The van der Waals surface area contributed by atoms with Crippen molar-refractivity contribution in [3.05, 3.63) is 63.6 Å². The molecule has 1 amide bonds. The molecule has 156 valence electrons. The summed E-state index contributed by atoms with van der Waals surface area (Å²) in [4.78, 5) is 26.1. The lowest BCUT2D eigenvalue weighted by Gasteiger charge is -2.26. The quantitative estimate of drug-likeness (QED) is 0.702. The molecule has 0 radical (unpaired) electrons. The summed E-state index contributed by atoms with van der Waals surface area (Å²) in [6.07, 6.45) is 2.89. The van der Waals surface area contributed by atoms with Crippen molar-refractivity contribution in [2.75, 3.05) is 14.2 Å². The van der Waals surface area contributed by atoms with E-state index in [1.165, 1.54) is 24.5 Å². The third-order valence-electron chi connectivity index (χ3n) is 5.65. The van der Waals surface area contributed by atoms with Crippen LogP contribution < -0.4 is 20.3 Å². The minimum absolute atomic E-state index is 0.0820. The molecule has 0 fully saturated rings. The van der Waals surface area contributed by atoms with Crippen LogP contribution in [0.1, 0.15) is 47.4 Å². The molecule has 0 aliphatic heterocycles. The zero-order chi connectivity index (χ0) is 21.3. The van der Waals surface area contributed by atoms with E-state index >= 15 is 0 Å². The topological polar surface area (TPSA) is 82.5 Å². The zero-order valence-electron chi connectivity index (χ0n) is 17.4. The second-order valence-electron chi connectivity index (χ2n) is 7.34. The molecule has 3 aromatic rings. The van der Waals surface area contributed by atoms with Gasteiger partial charge in [-0.3, -0.25) is 9.59 Å². The van der Waals surface area contributed by atoms with Gasteiger partial charge in [0.2, 0.25) is 0 Å². The molecule has 0 saturated carbocycles. The fourth-order valence-electron chi connectivity index (χ4n) is 4.12. The lowest BCUT2D eigenvalue weighted by atomic mass is 9.87. The van der Waals surface area contributed by atoms with Crippen molar-refractivity contribution < 1.29 is 14.3 Å². The van der Waals surface area contributed by atoms with Crippen LogP contribution in [-0.4, -0.2) is 29.9 Å². The number of aryl methyl sites for hydroxylation is 2. The number of hydrogen-bond acceptors (Lipinski definition) is 5. The summed E-state index contributed by atoms with van der Waals surface area (Å²) in [6.45, 7) is 2.18. The first-order valence-electron chi connectivity index (χ1n) is 10.1. The average molecular weight is 407 g/mol. The van der Waals surface area contributed by atoms with Crippen molar-refractivity contribution in [1.82, 2.24) is 15.1 Å². The van der Waals surface area contributed by atoms with E-state index in [2.05, 4.69) is 22.5 Å². The van der Waals surface area contributed by atoms with Crippen molar-refractivity contribution >= 4 is 16.7 Å². The molecule has 7 heteroatoms. The van der Waals surface area contributed by atoms with Gasteiger partial charge >= 0.3 is 0 Å². The van der Waals surface area contributed by atoms with Crippen molar-refractivity contribution in [2.24, 2.45) is 0 Å². The fraction of sp³-hybridized carbons (Fsp3) is 0.348. The van der Waals surface area contributed by atoms with Crippen LogP contribution in [0.25, 0.3) is 10.8 Å². The monoisotopic (exact) mass is 407 g/mol. The Morgan fingerprint density at radius 3 is 2.57 bits per heavy atom. The summed E-state index contributed by atoms with van der Waals surface area (Å²) in [7, 11) is 3.03. The molecule has 0 unspecified atom stereocenters. The molecular weight excluding hydrogens is 382 g/mol. The lowest BCUT2D eigenvalue weighted by Crippen LogP contribution is -2.34. The van der Waals surface area contributed by atoms with E-state index in [1.807, 2.05) is 19.1 Å². The van der Waals surface area contributed by atoms with E-state index in [4.69, 9.17) is 9.47 Å². The van der Waals surface area contributed by atoms with Crippen LogP contribution in [0.15, 0.2) is 41.2 Å². The number of carbonyl (C=O) groups is 1. The standard InChI is InChI=1S/C23H25N3O4/c1-4-26-23(28)17-13-20(30-3)19(29-2)12-16(17)21(25-26)22(27)24-18-11-7-9-14-8-5-6-10-15(14)18/h5-6,8,10,12-13,18H,4,7,9,11H2,1-3H3,(H,24,27)/t18-/m0/s1. The van der Waals surface area contributed by atoms with Crippen molar-refractivity contribution in [3.8, 4) is 11.5 Å². The van der Waals surface area contributed by atoms with Gasteiger partial charge in [-0.25, -0.2) is 4.68 Å². The number of carbonyl (C=O) groups excluding carboxylic acids is 1. The van der Waals surface area contributed by atoms with Crippen molar-refractivity contribution in [2.45, 2.75) is 38.8 Å². The molecule has 0 bridgehead atoms. The first-order valence-corrected chi connectivity index (χ1v) is 10.1. The van der Waals surface area contributed by atoms with Gasteiger partial charge in [0.1, 0.15) is 0 Å². The van der Waals surface area contributed by atoms with Crippen LogP contribution in [0.2, 0.25) is 0 Å². The number of amides is 1. The minimum atomic E-state index is -0.309. The highest BCUT2D eigenvalue weighted by atomic mass is 16.5. The van der Waals surface area contributed by atoms with E-state index in [-0.39, 0.29) is 23.2 Å². The normalized spacial score (nSPS) is 15.5. The highest BCUT2D eigenvalue weighted by molar-refractivity contribution is 6.05. The van der Waals surface area contributed by atoms with Crippen molar-refractivity contribution in [3.63, 3.8) is 0 Å². The van der Waals surface area contributed by atoms with Gasteiger partial charge in [0.15, 0.2) is 17.2 Å². The van der Waals surface area contributed by atoms with Crippen LogP contribution in [0, 0.1) is 0 Å². The second kappa shape index (κ2) is 8.18. The third-order valence-corrected chi connectivity index (χ3v) is 5.65. The molecule has 2 aromatic carbocycles. The van der Waals surface area contributed by atoms with Crippen LogP contribution in [0.3, 0.4) is 0 Å². The lowest BCUT2D eigenvalue weighted by molar-refractivity contribution is 0.0927. The molecule has 7 nitrogen and oxygen atoms in total. The van der Waals surface area contributed by atoms with Gasteiger partial charge in [-0.15, -0.1) is 0 Å². The maximum Gasteiger partial charge on any atom is 0.274 e. The Balaban J connectivity index is 1.81. The molecule has 1 atom stereocenters. The van der Waals surface area contributed by atoms with Crippen LogP contribution in [-0.2, 0) is 13.0 Å². The van der Waals surface area contributed by atoms with Gasteiger partial charge in [0.25, 0.3) is 11.5 Å². The molecule has 1 aliphatic carbocycles. The van der Waals surface area contributed by atoms with E-state index in [0.29, 0.717) is 28.8 Å². The van der Waals surface area contributed by atoms with Crippen molar-refractivity contribution in [1.29, 1.82) is 0 Å². The van der Waals surface area contributed by atoms with Gasteiger partial charge < -0.3 is 14.8 Å². The number of aromatic nitrogens is 2. The van der Waals surface area contributed by atoms with Gasteiger partial charge in [-0.1, -0.05) is 24.3 Å². The summed E-state index contributed by atoms with van der Waals surface area (Å²) in [5, 5.41) is 8.32. The largest absolute Gasteiger partial charge is 0.493 e. The molecule has 0 saturated heterocycles. The predicted molar refractivity (Wildman–Crippen MR) is 114 cm³/mol. The predicted octanol–water partition coefficient (Wildman–Crippen LogP) is 3.24. The van der Waals surface area contributed by atoms with E-state index < -0.39 is 0 Å². The van der Waals surface area contributed by atoms with Gasteiger partial charge in [-0.2, -0.15) is 5.10 Å². The van der Waals surface area contributed by atoms with E-state index in [0.717, 1.165) is 24.8 Å². The Labute approximate surface area is 174 Å². The number of nitrogens with zero attached hydrogens (tertiary/aromatic N) is 2. The highest BCUT2D eigenvalue weighted by Gasteiger charge is 2.25. The summed E-state index contributed by atoms with van der Waals surface area (Å²) in [5.74, 6) is 0.567. The second-order valence-corrected chi connectivity index (χ2v) is 7.34. The average Bonchev–Trinajstić information content (AvgIpc) is 2.78. The number of ether oxygens (including phenoxy) is 2. The number of methoxy groups -OCH3 is 2. The summed E-state index contributed by atoms with van der Waals surface area (Å²) >= 11 is 0. The van der Waals surface area contributed by atoms with E-state index in [9.17, 15) is 9.59 Å². The fourth-order valence-corrected chi connectivity index (χ4v) is 4.12. The Morgan fingerprint density at radius 2 is 1.87 bits per heavy atom. The number of rotatable bonds is 5. The SMILES string of the molecule is CCn1nc(C(=O)N[C@H]2CCCc3ccccc32)c2cc(OC)c(OC)cc2c1=O. The Morgan fingerprint density at radius 1 is 1.17 bits per heavy atom. The highest BCUT2D eigenvalue weighted by Crippen LogP contribution is 2.33. The van der Waals surface area contributed by atoms with Gasteiger partial charge in [0.05, 0.1) is 25.6 Å². The van der Waals surface area contributed by atoms with Crippen LogP contribution in [0.5, 0.6) is 11.5 Å². The molecular formula is C23H25N3O4. The number of fused-ring (bicyclic) bond motifs is 2. The Hall–Kier alpha value is -3.35. The molecule has 1 aliphatic rings. The summed E-state index contributed by atoms with van der Waals surface area (Å²) < 4.78 is 12.0. The zero-order valence-corrected chi connectivity index (χ0v) is 17.4. The first kappa shape index (κ1) is 19.9. The number of benzene rings is 2. The molecule has 1 N–H and O–H groups in total. The van der Waals surface area contributed by atoms with Crippen LogP contribution >= 0.6 is 0 Å². The molecule has 1 aromatic heterocycles. The van der Waals surface area contributed by atoms with Gasteiger partial charge in [0, 0.05) is 11.9 Å². The van der Waals surface area contributed by atoms with Gasteiger partial charge in [-0.05, 0) is 49.4 Å². The molecule has 30 heavy (non-hydrogen) atoms. The minimum Gasteiger partial charge on any atom is -0.493 e. The van der Waals surface area contributed by atoms with Crippen LogP contribution in [0.4, 0.5) is 0 Å². The summed E-state index contributed by atoms with van der Waals surface area (Å²) in [5.41, 5.74) is 2.34. The maximum atomic E-state index is 13.3. The Bertz CT molecular complexity index is 1170. The molecule has 1 heterocycles. The molecule has 4 rings (SSSR count).